The predicted octanol–water partition coefficient (Wildman–Crippen LogP) is 2.77. The van der Waals surface area contributed by atoms with Crippen molar-refractivity contribution in [1.29, 1.82) is 0 Å². The fourth-order valence-electron chi connectivity index (χ4n) is 2.03. The fraction of sp³-hybridized carbons (Fsp3) is 0.188. The lowest BCUT2D eigenvalue weighted by molar-refractivity contribution is -0.115. The van der Waals surface area contributed by atoms with Gasteiger partial charge >= 0.3 is 0 Å². The Morgan fingerprint density at radius 1 is 1.25 bits per heavy atom. The number of nitrogens with two attached hydrogens (primary N) is 1. The third-order valence-corrected chi connectivity index (χ3v) is 2.94. The Hall–Kier alpha value is -2.49. The first-order valence-electron chi connectivity index (χ1n) is 6.37. The van der Waals surface area contributed by atoms with E-state index in [4.69, 9.17) is 10.5 Å². The Kier molecular flexibility index (Phi) is 4.25. The lowest BCUT2D eigenvalue weighted by atomic mass is 10.1. The number of nitrogens with one attached hydrogen (secondary N) is 1. The van der Waals surface area contributed by atoms with E-state index in [-0.39, 0.29) is 5.91 Å². The van der Waals surface area contributed by atoms with Gasteiger partial charge in [-0.3, -0.25) is 4.79 Å². The average Bonchev–Trinajstić information content (AvgIpc) is 2.38. The molecule has 0 aliphatic carbocycles. The molecule has 4 nitrogen and oxygen atoms in total. The molecular formula is C16H18N2O2. The molecule has 2 rings (SSSR count). The van der Waals surface area contributed by atoms with Crippen molar-refractivity contribution >= 4 is 17.3 Å². The number of carbonyl (C=O) groups excluding carboxylic acids is 1. The molecule has 2 aromatic rings. The second-order valence-electron chi connectivity index (χ2n) is 4.67. The van der Waals surface area contributed by atoms with Crippen LogP contribution in [0, 0.1) is 6.92 Å². The van der Waals surface area contributed by atoms with Crippen LogP contribution in [0.25, 0.3) is 0 Å². The first-order valence-corrected chi connectivity index (χ1v) is 6.37. The molecule has 0 saturated heterocycles. The molecule has 0 radical (unpaired) electrons. The van der Waals surface area contributed by atoms with Crippen molar-refractivity contribution < 1.29 is 9.53 Å². The SMILES string of the molecule is COc1ccc(N)cc1NC(=O)Cc1cccc(C)c1. The number of aryl methyl sites for hydroxylation is 1. The Balaban J connectivity index is 2.10. The number of ether oxygens (including phenoxy) is 1. The zero-order chi connectivity index (χ0) is 14.5. The van der Waals surface area contributed by atoms with E-state index in [2.05, 4.69) is 5.32 Å². The van der Waals surface area contributed by atoms with Gasteiger partial charge in [0, 0.05) is 5.69 Å². The molecule has 20 heavy (non-hydrogen) atoms. The number of carbonyl (C=O) groups is 1. The zero-order valence-corrected chi connectivity index (χ0v) is 11.6. The van der Waals surface area contributed by atoms with Gasteiger partial charge in [0.25, 0.3) is 0 Å². The van der Waals surface area contributed by atoms with Crippen LogP contribution >= 0.6 is 0 Å². The quantitative estimate of drug-likeness (QED) is 0.840. The number of methoxy groups -OCH3 is 1. The van der Waals surface area contributed by atoms with Gasteiger partial charge in [0.2, 0.25) is 5.91 Å². The van der Waals surface area contributed by atoms with E-state index < -0.39 is 0 Å². The molecule has 0 saturated carbocycles. The average molecular weight is 270 g/mol. The van der Waals surface area contributed by atoms with E-state index in [9.17, 15) is 4.79 Å². The standard InChI is InChI=1S/C16H18N2O2/c1-11-4-3-5-12(8-11)9-16(19)18-14-10-13(17)6-7-15(14)20-2/h3-8,10H,9,17H2,1-2H3,(H,18,19). The molecule has 4 heteroatoms. The number of rotatable bonds is 4. The minimum atomic E-state index is -0.0977. The molecule has 0 heterocycles. The minimum absolute atomic E-state index is 0.0977. The molecule has 0 spiro atoms. The molecule has 3 N–H and O–H groups in total. The first kappa shape index (κ1) is 13.9. The highest BCUT2D eigenvalue weighted by molar-refractivity contribution is 5.94. The topological polar surface area (TPSA) is 64.3 Å². The molecule has 0 atom stereocenters. The van der Waals surface area contributed by atoms with E-state index in [0.29, 0.717) is 23.5 Å². The summed E-state index contributed by atoms with van der Waals surface area (Å²) in [4.78, 5) is 12.1. The van der Waals surface area contributed by atoms with Crippen LogP contribution in [0.2, 0.25) is 0 Å². The summed E-state index contributed by atoms with van der Waals surface area (Å²) in [5, 5.41) is 2.83. The van der Waals surface area contributed by atoms with Crippen LogP contribution in [0.15, 0.2) is 42.5 Å². The molecular weight excluding hydrogens is 252 g/mol. The summed E-state index contributed by atoms with van der Waals surface area (Å²) < 4.78 is 5.20. The molecule has 0 aliphatic rings. The van der Waals surface area contributed by atoms with Gasteiger partial charge in [-0.1, -0.05) is 29.8 Å². The number of nitrogen functional groups attached to an aromatic ring is 1. The van der Waals surface area contributed by atoms with Crippen molar-refractivity contribution in [3.8, 4) is 5.75 Å². The smallest absolute Gasteiger partial charge is 0.228 e. The maximum atomic E-state index is 12.1. The third kappa shape index (κ3) is 3.51. The van der Waals surface area contributed by atoms with Crippen molar-refractivity contribution in [2.24, 2.45) is 0 Å². The van der Waals surface area contributed by atoms with Crippen molar-refractivity contribution in [3.05, 3.63) is 53.6 Å². The summed E-state index contributed by atoms with van der Waals surface area (Å²) in [7, 11) is 1.56. The highest BCUT2D eigenvalue weighted by Gasteiger charge is 2.09. The second-order valence-corrected chi connectivity index (χ2v) is 4.67. The molecule has 0 aromatic heterocycles. The van der Waals surface area contributed by atoms with E-state index in [0.717, 1.165) is 11.1 Å². The van der Waals surface area contributed by atoms with Crippen LogP contribution in [-0.2, 0) is 11.2 Å². The Labute approximate surface area is 118 Å². The fourth-order valence-corrected chi connectivity index (χ4v) is 2.03. The molecule has 0 bridgehead atoms. The Morgan fingerprint density at radius 2 is 2.05 bits per heavy atom. The van der Waals surface area contributed by atoms with Gasteiger partial charge in [0.15, 0.2) is 0 Å². The number of anilines is 2. The minimum Gasteiger partial charge on any atom is -0.495 e. The van der Waals surface area contributed by atoms with E-state index in [1.54, 1.807) is 25.3 Å². The number of amides is 1. The lowest BCUT2D eigenvalue weighted by Crippen LogP contribution is -2.15. The summed E-state index contributed by atoms with van der Waals surface area (Å²) in [6.45, 7) is 2.00. The predicted molar refractivity (Wildman–Crippen MR) is 80.9 cm³/mol. The summed E-state index contributed by atoms with van der Waals surface area (Å²) in [6.07, 6.45) is 0.319. The Bertz CT molecular complexity index is 624. The number of hydrogen-bond acceptors (Lipinski definition) is 3. The highest BCUT2D eigenvalue weighted by atomic mass is 16.5. The normalized spacial score (nSPS) is 10.1. The monoisotopic (exact) mass is 270 g/mol. The Morgan fingerprint density at radius 3 is 2.75 bits per heavy atom. The van der Waals surface area contributed by atoms with Gasteiger partial charge in [0.05, 0.1) is 19.2 Å². The molecule has 1 amide bonds. The molecule has 2 aromatic carbocycles. The molecule has 0 aliphatic heterocycles. The van der Waals surface area contributed by atoms with Crippen LogP contribution < -0.4 is 15.8 Å². The van der Waals surface area contributed by atoms with Gasteiger partial charge < -0.3 is 15.8 Å². The van der Waals surface area contributed by atoms with Crippen LogP contribution in [0.5, 0.6) is 5.75 Å². The first-order chi connectivity index (χ1) is 9.58. The number of benzene rings is 2. The largest absolute Gasteiger partial charge is 0.495 e. The van der Waals surface area contributed by atoms with E-state index in [1.165, 1.54) is 0 Å². The lowest BCUT2D eigenvalue weighted by Gasteiger charge is -2.11. The van der Waals surface area contributed by atoms with Crippen molar-refractivity contribution in [2.75, 3.05) is 18.2 Å². The van der Waals surface area contributed by atoms with Gasteiger partial charge in [0.1, 0.15) is 5.75 Å². The maximum absolute atomic E-state index is 12.1. The summed E-state index contributed by atoms with van der Waals surface area (Å²) >= 11 is 0. The second kappa shape index (κ2) is 6.10. The van der Waals surface area contributed by atoms with Gasteiger partial charge in [-0.25, -0.2) is 0 Å². The van der Waals surface area contributed by atoms with E-state index in [1.807, 2.05) is 31.2 Å². The van der Waals surface area contributed by atoms with Crippen molar-refractivity contribution in [2.45, 2.75) is 13.3 Å². The third-order valence-electron chi connectivity index (χ3n) is 2.94. The van der Waals surface area contributed by atoms with Crippen LogP contribution in [0.3, 0.4) is 0 Å². The maximum Gasteiger partial charge on any atom is 0.228 e. The van der Waals surface area contributed by atoms with Crippen molar-refractivity contribution in [1.82, 2.24) is 0 Å². The highest BCUT2D eigenvalue weighted by Crippen LogP contribution is 2.26. The van der Waals surface area contributed by atoms with Crippen LogP contribution in [-0.4, -0.2) is 13.0 Å². The summed E-state index contributed by atoms with van der Waals surface area (Å²) in [5.41, 5.74) is 9.00. The summed E-state index contributed by atoms with van der Waals surface area (Å²) in [6, 6.07) is 13.0. The zero-order valence-electron chi connectivity index (χ0n) is 11.6. The van der Waals surface area contributed by atoms with Gasteiger partial charge in [-0.15, -0.1) is 0 Å². The van der Waals surface area contributed by atoms with E-state index >= 15 is 0 Å². The van der Waals surface area contributed by atoms with Gasteiger partial charge in [-0.2, -0.15) is 0 Å². The molecule has 0 unspecified atom stereocenters. The van der Waals surface area contributed by atoms with Crippen LogP contribution in [0.1, 0.15) is 11.1 Å². The number of hydrogen-bond donors (Lipinski definition) is 2. The molecule has 104 valence electrons. The van der Waals surface area contributed by atoms with Crippen LogP contribution in [0.4, 0.5) is 11.4 Å². The van der Waals surface area contributed by atoms with Crippen molar-refractivity contribution in [3.63, 3.8) is 0 Å². The summed E-state index contributed by atoms with van der Waals surface area (Å²) in [5.74, 6) is 0.497. The molecule has 0 fully saturated rings. The van der Waals surface area contributed by atoms with Gasteiger partial charge in [-0.05, 0) is 30.7 Å².